The minimum Gasteiger partial charge on any atom is -0.369 e. The van der Waals surface area contributed by atoms with E-state index < -0.39 is 0 Å². The van der Waals surface area contributed by atoms with Gasteiger partial charge in [-0.1, -0.05) is 6.07 Å². The summed E-state index contributed by atoms with van der Waals surface area (Å²) in [6.07, 6.45) is 1.70. The second-order valence-corrected chi connectivity index (χ2v) is 7.05. The first kappa shape index (κ1) is 18.7. The van der Waals surface area contributed by atoms with E-state index in [-0.39, 0.29) is 0 Å². The van der Waals surface area contributed by atoms with Crippen LogP contribution in [-0.2, 0) is 0 Å². The second-order valence-electron chi connectivity index (χ2n) is 7.05. The lowest BCUT2D eigenvalue weighted by Gasteiger charge is -2.34. The summed E-state index contributed by atoms with van der Waals surface area (Å²) >= 11 is 0. The molecule has 0 radical (unpaired) electrons. The Bertz CT molecular complexity index is 1000. The second kappa shape index (κ2) is 8.59. The molecule has 1 saturated heterocycles. The zero-order valence-electron chi connectivity index (χ0n) is 16.3. The molecule has 7 nitrogen and oxygen atoms in total. The van der Waals surface area contributed by atoms with Crippen molar-refractivity contribution in [1.29, 1.82) is 5.26 Å². The summed E-state index contributed by atoms with van der Waals surface area (Å²) in [4.78, 5) is 13.6. The molecule has 0 bridgehead atoms. The minimum atomic E-state index is 0.513. The Kier molecular flexibility index (Phi) is 5.54. The molecule has 0 aliphatic carbocycles. The van der Waals surface area contributed by atoms with Gasteiger partial charge in [0, 0.05) is 49.4 Å². The van der Waals surface area contributed by atoms with Crippen LogP contribution in [0.5, 0.6) is 0 Å². The number of likely N-dealkylation sites (N-methyl/N-ethyl adjacent to an activating group) is 1. The Morgan fingerprint density at radius 3 is 2.48 bits per heavy atom. The Labute approximate surface area is 170 Å². The normalized spacial score (nSPS) is 14.3. The van der Waals surface area contributed by atoms with E-state index in [4.69, 9.17) is 5.26 Å². The summed E-state index contributed by atoms with van der Waals surface area (Å²) in [5, 5.41) is 15.5. The van der Waals surface area contributed by atoms with Crippen LogP contribution in [0.3, 0.4) is 0 Å². The quantitative estimate of drug-likeness (QED) is 0.695. The molecule has 1 aromatic heterocycles. The smallest absolute Gasteiger partial charge is 0.229 e. The van der Waals surface area contributed by atoms with E-state index in [9.17, 15) is 0 Å². The van der Waals surface area contributed by atoms with Crippen LogP contribution in [0.25, 0.3) is 0 Å². The van der Waals surface area contributed by atoms with Gasteiger partial charge in [0.05, 0.1) is 11.6 Å². The molecule has 1 aliphatic heterocycles. The van der Waals surface area contributed by atoms with Crippen molar-refractivity contribution in [3.8, 4) is 6.07 Å². The van der Waals surface area contributed by atoms with Crippen LogP contribution in [0.1, 0.15) is 5.56 Å². The third-order valence-electron chi connectivity index (χ3n) is 4.91. The highest BCUT2D eigenvalue weighted by atomic mass is 15.2. The molecule has 1 fully saturated rings. The van der Waals surface area contributed by atoms with Gasteiger partial charge in [-0.2, -0.15) is 10.2 Å². The van der Waals surface area contributed by atoms with Gasteiger partial charge in [0.15, 0.2) is 0 Å². The highest BCUT2D eigenvalue weighted by Crippen LogP contribution is 2.22. The maximum atomic E-state index is 9.03. The van der Waals surface area contributed by atoms with Gasteiger partial charge in [-0.05, 0) is 55.6 Å². The fraction of sp³-hybridized carbons (Fsp3) is 0.227. The fourth-order valence-electron chi connectivity index (χ4n) is 3.25. The van der Waals surface area contributed by atoms with E-state index >= 15 is 0 Å². The van der Waals surface area contributed by atoms with Crippen molar-refractivity contribution in [2.24, 2.45) is 0 Å². The molecule has 0 unspecified atom stereocenters. The average Bonchev–Trinajstić information content (AvgIpc) is 2.75. The van der Waals surface area contributed by atoms with Crippen LogP contribution in [0.15, 0.2) is 60.8 Å². The Hall–Kier alpha value is -3.63. The molecular formula is C22H23N7. The number of anilines is 5. The monoisotopic (exact) mass is 385 g/mol. The average molecular weight is 385 g/mol. The SMILES string of the molecule is CN1CCN(c2ccc(Nc3nccc(Nc4cccc(C#N)c4)n3)cc2)CC1. The van der Waals surface area contributed by atoms with Crippen LogP contribution in [-0.4, -0.2) is 48.1 Å². The Balaban J connectivity index is 1.42. The topological polar surface area (TPSA) is 80.1 Å². The molecule has 3 aromatic rings. The number of nitriles is 1. The molecule has 2 heterocycles. The first-order chi connectivity index (χ1) is 14.2. The third-order valence-corrected chi connectivity index (χ3v) is 4.91. The Morgan fingerprint density at radius 2 is 1.72 bits per heavy atom. The predicted molar refractivity (Wildman–Crippen MR) is 116 cm³/mol. The van der Waals surface area contributed by atoms with Crippen molar-refractivity contribution in [2.45, 2.75) is 0 Å². The van der Waals surface area contributed by atoms with Gasteiger partial charge in [-0.3, -0.25) is 0 Å². The van der Waals surface area contributed by atoms with Crippen molar-refractivity contribution in [3.63, 3.8) is 0 Å². The number of aromatic nitrogens is 2. The molecule has 29 heavy (non-hydrogen) atoms. The number of hydrogen-bond donors (Lipinski definition) is 2. The minimum absolute atomic E-state index is 0.513. The van der Waals surface area contributed by atoms with Gasteiger partial charge in [-0.25, -0.2) is 4.98 Å². The highest BCUT2D eigenvalue weighted by Gasteiger charge is 2.14. The lowest BCUT2D eigenvalue weighted by molar-refractivity contribution is 0.313. The van der Waals surface area contributed by atoms with Crippen LogP contribution >= 0.6 is 0 Å². The number of benzene rings is 2. The largest absolute Gasteiger partial charge is 0.369 e. The fourth-order valence-corrected chi connectivity index (χ4v) is 3.25. The summed E-state index contributed by atoms with van der Waals surface area (Å²) in [7, 11) is 2.16. The van der Waals surface area contributed by atoms with Gasteiger partial charge < -0.3 is 20.4 Å². The molecule has 0 saturated carbocycles. The molecular weight excluding hydrogens is 362 g/mol. The molecule has 0 amide bonds. The lowest BCUT2D eigenvalue weighted by Crippen LogP contribution is -2.44. The van der Waals surface area contributed by atoms with Crippen molar-refractivity contribution < 1.29 is 0 Å². The summed E-state index contributed by atoms with van der Waals surface area (Å²) in [6.45, 7) is 4.27. The lowest BCUT2D eigenvalue weighted by atomic mass is 10.2. The molecule has 2 N–H and O–H groups in total. The van der Waals surface area contributed by atoms with Crippen LogP contribution in [0, 0.1) is 11.3 Å². The molecule has 0 atom stereocenters. The number of nitrogens with one attached hydrogen (secondary N) is 2. The van der Waals surface area contributed by atoms with Gasteiger partial charge >= 0.3 is 0 Å². The molecule has 0 spiro atoms. The first-order valence-electron chi connectivity index (χ1n) is 9.60. The molecule has 7 heteroatoms. The third kappa shape index (κ3) is 4.81. The number of rotatable bonds is 5. The zero-order chi connectivity index (χ0) is 20.1. The van der Waals surface area contributed by atoms with E-state index in [1.165, 1.54) is 5.69 Å². The van der Waals surface area contributed by atoms with E-state index in [1.54, 1.807) is 24.4 Å². The number of hydrogen-bond acceptors (Lipinski definition) is 7. The molecule has 1 aliphatic rings. The van der Waals surface area contributed by atoms with E-state index in [2.05, 4.69) is 55.7 Å². The van der Waals surface area contributed by atoms with Crippen molar-refractivity contribution in [1.82, 2.24) is 14.9 Å². The van der Waals surface area contributed by atoms with Gasteiger partial charge in [0.25, 0.3) is 0 Å². The van der Waals surface area contributed by atoms with Crippen LogP contribution in [0.2, 0.25) is 0 Å². The van der Waals surface area contributed by atoms with Crippen molar-refractivity contribution in [2.75, 3.05) is 48.8 Å². The van der Waals surface area contributed by atoms with Crippen molar-refractivity contribution in [3.05, 3.63) is 66.4 Å². The predicted octanol–water partition coefficient (Wildman–Crippen LogP) is 3.59. The summed E-state index contributed by atoms with van der Waals surface area (Å²) in [6, 6.07) is 19.6. The molecule has 4 rings (SSSR count). The highest BCUT2D eigenvalue weighted by molar-refractivity contribution is 5.62. The molecule has 146 valence electrons. The van der Waals surface area contributed by atoms with Gasteiger partial charge in [0.2, 0.25) is 5.95 Å². The van der Waals surface area contributed by atoms with Crippen LogP contribution in [0.4, 0.5) is 28.8 Å². The maximum absolute atomic E-state index is 9.03. The van der Waals surface area contributed by atoms with Gasteiger partial charge in [-0.15, -0.1) is 0 Å². The number of piperazine rings is 1. The van der Waals surface area contributed by atoms with E-state index in [0.29, 0.717) is 17.3 Å². The summed E-state index contributed by atoms with van der Waals surface area (Å²) in [5.41, 5.74) is 3.58. The standard InChI is InChI=1S/C22H23N7/c1-28-11-13-29(14-12-28)20-7-5-18(6-8-20)26-22-24-10-9-21(27-22)25-19-4-2-3-17(15-19)16-23/h2-10,15H,11-14H2,1H3,(H2,24,25,26,27). The van der Waals surface area contributed by atoms with Crippen molar-refractivity contribution >= 4 is 28.8 Å². The zero-order valence-corrected chi connectivity index (χ0v) is 16.3. The molecule has 2 aromatic carbocycles. The van der Waals surface area contributed by atoms with Gasteiger partial charge in [0.1, 0.15) is 5.82 Å². The van der Waals surface area contributed by atoms with E-state index in [1.807, 2.05) is 24.3 Å². The van der Waals surface area contributed by atoms with Crippen LogP contribution < -0.4 is 15.5 Å². The maximum Gasteiger partial charge on any atom is 0.229 e. The first-order valence-corrected chi connectivity index (χ1v) is 9.60. The van der Waals surface area contributed by atoms with E-state index in [0.717, 1.165) is 37.6 Å². The summed E-state index contributed by atoms with van der Waals surface area (Å²) in [5.74, 6) is 1.17. The Morgan fingerprint density at radius 1 is 0.931 bits per heavy atom. The summed E-state index contributed by atoms with van der Waals surface area (Å²) < 4.78 is 0. The number of nitrogens with zero attached hydrogens (tertiary/aromatic N) is 5.